The predicted octanol–water partition coefficient (Wildman–Crippen LogP) is 1.71. The van der Waals surface area contributed by atoms with E-state index >= 15 is 0 Å². The summed E-state index contributed by atoms with van der Waals surface area (Å²) < 4.78 is 28.1. The van der Waals surface area contributed by atoms with E-state index in [1.165, 1.54) is 0 Å². The van der Waals surface area contributed by atoms with Gasteiger partial charge in [0.05, 0.1) is 4.90 Å². The summed E-state index contributed by atoms with van der Waals surface area (Å²) in [6, 6.07) is 3.71. The number of nitrogens with zero attached hydrogens (tertiary/aromatic N) is 1. The molecule has 0 saturated carbocycles. The molecule has 0 spiro atoms. The number of aryl methyl sites for hydroxylation is 1. The Labute approximate surface area is 136 Å². The van der Waals surface area contributed by atoms with Crippen LogP contribution in [-0.4, -0.2) is 47.0 Å². The topological polar surface area (TPSA) is 61.4 Å². The van der Waals surface area contributed by atoms with Crippen molar-refractivity contribution in [3.05, 3.63) is 27.7 Å². The van der Waals surface area contributed by atoms with Gasteiger partial charge in [-0.25, -0.2) is 13.1 Å². The number of rotatable bonds is 8. The van der Waals surface area contributed by atoms with Crippen molar-refractivity contribution < 1.29 is 8.42 Å². The summed E-state index contributed by atoms with van der Waals surface area (Å²) >= 11 is 3.39. The number of likely N-dealkylation sites (N-methyl/N-ethyl adjacent to an activating group) is 1. The minimum absolute atomic E-state index is 0.300. The van der Waals surface area contributed by atoms with Crippen molar-refractivity contribution in [1.82, 2.24) is 14.9 Å². The van der Waals surface area contributed by atoms with E-state index in [1.807, 2.05) is 38.9 Å². The molecule has 0 aliphatic carbocycles. The zero-order valence-electron chi connectivity index (χ0n) is 13.0. The van der Waals surface area contributed by atoms with Crippen LogP contribution >= 0.6 is 15.9 Å². The molecule has 1 aromatic rings. The monoisotopic (exact) mass is 377 g/mol. The molecule has 0 aromatic heterocycles. The molecule has 0 heterocycles. The van der Waals surface area contributed by atoms with E-state index < -0.39 is 10.0 Å². The van der Waals surface area contributed by atoms with Crippen LogP contribution in [0.25, 0.3) is 0 Å². The highest BCUT2D eigenvalue weighted by Crippen LogP contribution is 2.27. The summed E-state index contributed by atoms with van der Waals surface area (Å²) in [6.45, 7) is 6.47. The largest absolute Gasteiger partial charge is 0.313 e. The third kappa shape index (κ3) is 5.67. The zero-order chi connectivity index (χ0) is 16.0. The Morgan fingerprint density at radius 2 is 1.95 bits per heavy atom. The Hall–Kier alpha value is -0.470. The van der Waals surface area contributed by atoms with Crippen molar-refractivity contribution in [2.24, 2.45) is 0 Å². The first-order valence-electron chi connectivity index (χ1n) is 6.92. The fourth-order valence-electron chi connectivity index (χ4n) is 1.86. The molecule has 1 rings (SSSR count). The highest BCUT2D eigenvalue weighted by Gasteiger charge is 2.19. The van der Waals surface area contributed by atoms with Crippen LogP contribution in [0.5, 0.6) is 0 Å². The molecular formula is C14H24BrN3O2S. The van der Waals surface area contributed by atoms with E-state index in [-0.39, 0.29) is 0 Å². The van der Waals surface area contributed by atoms with Crippen molar-refractivity contribution in [2.45, 2.75) is 25.3 Å². The maximum absolute atomic E-state index is 12.4. The number of halogens is 1. The smallest absolute Gasteiger partial charge is 0.241 e. The van der Waals surface area contributed by atoms with E-state index in [0.717, 1.165) is 17.7 Å². The average Bonchev–Trinajstić information content (AvgIpc) is 2.39. The van der Waals surface area contributed by atoms with Gasteiger partial charge in [0.2, 0.25) is 10.0 Å². The summed E-state index contributed by atoms with van der Waals surface area (Å²) in [7, 11) is 0.308. The summed E-state index contributed by atoms with van der Waals surface area (Å²) in [4.78, 5) is 2.24. The molecule has 0 aliphatic heterocycles. The lowest BCUT2D eigenvalue weighted by Crippen LogP contribution is -2.31. The van der Waals surface area contributed by atoms with E-state index in [4.69, 9.17) is 0 Å². The van der Waals surface area contributed by atoms with Crippen molar-refractivity contribution in [3.63, 3.8) is 0 Å². The molecule has 120 valence electrons. The number of sulfonamides is 1. The van der Waals surface area contributed by atoms with Gasteiger partial charge in [0.25, 0.3) is 0 Å². The average molecular weight is 378 g/mol. The molecule has 0 bridgehead atoms. The molecule has 0 atom stereocenters. The molecule has 0 saturated heterocycles. The molecule has 7 heteroatoms. The number of hydrogen-bond donors (Lipinski definition) is 2. The molecule has 2 N–H and O–H groups in total. The third-order valence-corrected chi connectivity index (χ3v) is 5.80. The summed E-state index contributed by atoms with van der Waals surface area (Å²) in [5.74, 6) is 0. The predicted molar refractivity (Wildman–Crippen MR) is 90.0 cm³/mol. The Morgan fingerprint density at radius 1 is 1.29 bits per heavy atom. The maximum atomic E-state index is 12.4. The molecule has 1 aromatic carbocycles. The van der Waals surface area contributed by atoms with Crippen LogP contribution in [0.4, 0.5) is 0 Å². The van der Waals surface area contributed by atoms with Gasteiger partial charge in [-0.2, -0.15) is 0 Å². The lowest BCUT2D eigenvalue weighted by atomic mass is 10.1. The van der Waals surface area contributed by atoms with Gasteiger partial charge in [0, 0.05) is 24.1 Å². The molecule has 0 aliphatic rings. The van der Waals surface area contributed by atoms with Gasteiger partial charge in [-0.3, -0.25) is 0 Å². The lowest BCUT2D eigenvalue weighted by Gasteiger charge is -2.14. The van der Waals surface area contributed by atoms with Gasteiger partial charge in [-0.1, -0.05) is 13.0 Å². The molecule has 21 heavy (non-hydrogen) atoms. The highest BCUT2D eigenvalue weighted by atomic mass is 79.9. The van der Waals surface area contributed by atoms with Crippen molar-refractivity contribution >= 4 is 26.0 Å². The zero-order valence-corrected chi connectivity index (χ0v) is 15.4. The van der Waals surface area contributed by atoms with E-state index in [9.17, 15) is 8.42 Å². The summed E-state index contributed by atoms with van der Waals surface area (Å²) in [6.07, 6.45) is 0. The molecule has 0 unspecified atom stereocenters. The standard InChI is InChI=1S/C14H24BrN3O2S/c1-5-16-10-12-8-11(2)14(15)13(9-12)21(19,20)17-6-7-18(3)4/h8-9,16-17H,5-7,10H2,1-4H3. The molecule has 5 nitrogen and oxygen atoms in total. The summed E-state index contributed by atoms with van der Waals surface area (Å²) in [5.41, 5.74) is 1.88. The van der Waals surface area contributed by atoms with Gasteiger partial charge < -0.3 is 10.2 Å². The van der Waals surface area contributed by atoms with Crippen molar-refractivity contribution in [2.75, 3.05) is 33.7 Å². The quantitative estimate of drug-likeness (QED) is 0.723. The minimum Gasteiger partial charge on any atom is -0.313 e. The van der Waals surface area contributed by atoms with Gasteiger partial charge in [-0.05, 0) is 60.7 Å². The first kappa shape index (κ1) is 18.6. The van der Waals surface area contributed by atoms with Crippen molar-refractivity contribution in [3.8, 4) is 0 Å². The van der Waals surface area contributed by atoms with Crippen molar-refractivity contribution in [1.29, 1.82) is 0 Å². The molecule has 0 fully saturated rings. The molecule has 0 amide bonds. The fourth-order valence-corrected chi connectivity index (χ4v) is 3.94. The van der Waals surface area contributed by atoms with Crippen LogP contribution in [-0.2, 0) is 16.6 Å². The normalized spacial score (nSPS) is 12.1. The Bertz CT molecular complexity index is 574. The highest BCUT2D eigenvalue weighted by molar-refractivity contribution is 9.10. The Morgan fingerprint density at radius 3 is 2.52 bits per heavy atom. The van der Waals surface area contributed by atoms with Gasteiger partial charge in [0.1, 0.15) is 0 Å². The first-order chi connectivity index (χ1) is 9.77. The first-order valence-corrected chi connectivity index (χ1v) is 9.19. The SMILES string of the molecule is CCNCc1cc(C)c(Br)c(S(=O)(=O)NCCN(C)C)c1. The van der Waals surface area contributed by atoms with Crippen LogP contribution in [0, 0.1) is 6.92 Å². The number of hydrogen-bond acceptors (Lipinski definition) is 4. The lowest BCUT2D eigenvalue weighted by molar-refractivity contribution is 0.412. The van der Waals surface area contributed by atoms with E-state index in [0.29, 0.717) is 29.0 Å². The fraction of sp³-hybridized carbons (Fsp3) is 0.571. The van der Waals surface area contributed by atoms with Gasteiger partial charge in [-0.15, -0.1) is 0 Å². The number of nitrogens with one attached hydrogen (secondary N) is 2. The van der Waals surface area contributed by atoms with Gasteiger partial charge >= 0.3 is 0 Å². The minimum atomic E-state index is -3.51. The second kappa shape index (κ2) is 8.24. The van der Waals surface area contributed by atoms with E-state index in [1.54, 1.807) is 6.07 Å². The Kier molecular flexibility index (Phi) is 7.29. The van der Waals surface area contributed by atoms with Gasteiger partial charge in [0.15, 0.2) is 0 Å². The third-order valence-electron chi connectivity index (χ3n) is 3.00. The maximum Gasteiger partial charge on any atom is 0.241 e. The van der Waals surface area contributed by atoms with Crippen LogP contribution in [0.2, 0.25) is 0 Å². The second-order valence-electron chi connectivity index (χ2n) is 5.21. The van der Waals surface area contributed by atoms with E-state index in [2.05, 4.69) is 26.0 Å². The van der Waals surface area contributed by atoms with Crippen LogP contribution in [0.1, 0.15) is 18.1 Å². The number of benzene rings is 1. The molecular weight excluding hydrogens is 354 g/mol. The van der Waals surface area contributed by atoms with Crippen LogP contribution < -0.4 is 10.0 Å². The summed E-state index contributed by atoms with van der Waals surface area (Å²) in [5, 5.41) is 3.21. The Balaban J connectivity index is 3.01. The second-order valence-corrected chi connectivity index (χ2v) is 7.73. The molecule has 0 radical (unpaired) electrons. The van der Waals surface area contributed by atoms with Crippen LogP contribution in [0.15, 0.2) is 21.5 Å². The van der Waals surface area contributed by atoms with Crippen LogP contribution in [0.3, 0.4) is 0 Å².